The summed E-state index contributed by atoms with van der Waals surface area (Å²) in [5.41, 5.74) is 7.42. The van der Waals surface area contributed by atoms with Crippen molar-refractivity contribution in [2.24, 2.45) is 0 Å². The monoisotopic (exact) mass is 257 g/mol. The van der Waals surface area contributed by atoms with Crippen LogP contribution in [0.15, 0.2) is 41.3 Å². The number of nitrogens with zero attached hydrogens (tertiary/aromatic N) is 1. The van der Waals surface area contributed by atoms with Crippen LogP contribution >= 0.6 is 0 Å². The molecule has 0 aliphatic heterocycles. The largest absolute Gasteiger partial charge is 0.399 e. The Morgan fingerprint density at radius 1 is 1.32 bits per heavy atom. The van der Waals surface area contributed by atoms with Gasteiger partial charge in [-0.25, -0.2) is 0 Å². The highest BCUT2D eigenvalue weighted by Crippen LogP contribution is 2.17. The second-order valence-corrected chi connectivity index (χ2v) is 4.35. The Morgan fingerprint density at radius 2 is 2.05 bits per heavy atom. The lowest BCUT2D eigenvalue weighted by Gasteiger charge is -2.17. The molecule has 0 fully saturated rings. The van der Waals surface area contributed by atoms with E-state index in [2.05, 4.69) is 4.98 Å². The number of aryl methyl sites for hydroxylation is 1. The van der Waals surface area contributed by atoms with Crippen LogP contribution in [0.25, 0.3) is 0 Å². The van der Waals surface area contributed by atoms with Gasteiger partial charge in [0.25, 0.3) is 5.91 Å². The molecule has 0 atom stereocenters. The molecule has 2 rings (SSSR count). The maximum absolute atomic E-state index is 12.3. The Bertz CT molecular complexity index is 676. The van der Waals surface area contributed by atoms with Crippen molar-refractivity contribution in [3.8, 4) is 0 Å². The molecule has 3 N–H and O–H groups in total. The number of aromatic amines is 1. The van der Waals surface area contributed by atoms with Crippen molar-refractivity contribution in [2.45, 2.75) is 6.92 Å². The number of anilines is 2. The van der Waals surface area contributed by atoms with Gasteiger partial charge in [-0.05, 0) is 25.1 Å². The summed E-state index contributed by atoms with van der Waals surface area (Å²) in [6.07, 6.45) is 1.43. The molecule has 1 aromatic heterocycles. The number of pyridine rings is 1. The fourth-order valence-electron chi connectivity index (χ4n) is 1.77. The molecule has 1 heterocycles. The molecule has 1 amide bonds. The van der Waals surface area contributed by atoms with Crippen molar-refractivity contribution >= 4 is 17.3 Å². The average molecular weight is 257 g/mol. The smallest absolute Gasteiger partial charge is 0.263 e. The van der Waals surface area contributed by atoms with Crippen LogP contribution in [0, 0.1) is 6.92 Å². The Labute approximate surface area is 110 Å². The Morgan fingerprint density at radius 3 is 2.68 bits per heavy atom. The third-order valence-corrected chi connectivity index (χ3v) is 2.85. The molecular weight excluding hydrogens is 242 g/mol. The van der Waals surface area contributed by atoms with Gasteiger partial charge < -0.3 is 15.6 Å². The third kappa shape index (κ3) is 2.65. The molecule has 0 saturated carbocycles. The normalized spacial score (nSPS) is 10.2. The Kier molecular flexibility index (Phi) is 3.37. The topological polar surface area (TPSA) is 79.2 Å². The molecular formula is C14H15N3O2. The highest BCUT2D eigenvalue weighted by molar-refractivity contribution is 6.05. The number of rotatable bonds is 2. The van der Waals surface area contributed by atoms with Gasteiger partial charge in [-0.3, -0.25) is 9.59 Å². The maximum atomic E-state index is 12.3. The van der Waals surface area contributed by atoms with Crippen molar-refractivity contribution in [2.75, 3.05) is 17.7 Å². The van der Waals surface area contributed by atoms with Crippen LogP contribution in [-0.4, -0.2) is 17.9 Å². The Balaban J connectivity index is 2.36. The molecule has 0 radical (unpaired) electrons. The van der Waals surface area contributed by atoms with Crippen LogP contribution in [0.3, 0.4) is 0 Å². The molecule has 0 aliphatic carbocycles. The zero-order valence-corrected chi connectivity index (χ0v) is 10.8. The van der Waals surface area contributed by atoms with Crippen LogP contribution in [0.2, 0.25) is 0 Å². The van der Waals surface area contributed by atoms with Gasteiger partial charge >= 0.3 is 0 Å². The first kappa shape index (κ1) is 12.9. The number of nitrogen functional groups attached to an aromatic ring is 1. The standard InChI is InChI=1S/C14H15N3O2/c1-9-6-13(18)12(8-16-9)14(19)17(2)11-5-3-4-10(15)7-11/h3-8H,15H2,1-2H3,(H,16,18). The van der Waals surface area contributed by atoms with Crippen molar-refractivity contribution in [1.82, 2.24) is 4.98 Å². The summed E-state index contributed by atoms with van der Waals surface area (Å²) in [4.78, 5) is 28.3. The van der Waals surface area contributed by atoms with Crippen LogP contribution in [0.4, 0.5) is 11.4 Å². The van der Waals surface area contributed by atoms with Gasteiger partial charge in [0, 0.05) is 36.4 Å². The number of aromatic nitrogens is 1. The summed E-state index contributed by atoms with van der Waals surface area (Å²) < 4.78 is 0. The summed E-state index contributed by atoms with van der Waals surface area (Å²) in [6.45, 7) is 1.76. The number of H-pyrrole nitrogens is 1. The molecule has 5 nitrogen and oxygen atoms in total. The summed E-state index contributed by atoms with van der Waals surface area (Å²) in [6, 6.07) is 8.34. The fourth-order valence-corrected chi connectivity index (χ4v) is 1.77. The second-order valence-electron chi connectivity index (χ2n) is 4.35. The number of carbonyl (C=O) groups excluding carboxylic acids is 1. The summed E-state index contributed by atoms with van der Waals surface area (Å²) >= 11 is 0. The maximum Gasteiger partial charge on any atom is 0.263 e. The number of hydrogen-bond acceptors (Lipinski definition) is 3. The van der Waals surface area contributed by atoms with E-state index in [0.717, 1.165) is 0 Å². The summed E-state index contributed by atoms with van der Waals surface area (Å²) in [5.74, 6) is -0.369. The molecule has 5 heteroatoms. The van der Waals surface area contributed by atoms with Crippen molar-refractivity contribution < 1.29 is 4.79 Å². The Hall–Kier alpha value is -2.56. The molecule has 0 bridgehead atoms. The SMILES string of the molecule is Cc1cc(=O)c(C(=O)N(C)c2cccc(N)c2)c[nH]1. The highest BCUT2D eigenvalue weighted by Gasteiger charge is 2.16. The lowest BCUT2D eigenvalue weighted by Crippen LogP contribution is -2.30. The predicted octanol–water partition coefficient (Wildman–Crippen LogP) is 1.54. The number of carbonyl (C=O) groups is 1. The number of nitrogens with one attached hydrogen (secondary N) is 1. The van der Waals surface area contributed by atoms with E-state index in [9.17, 15) is 9.59 Å². The van der Waals surface area contributed by atoms with E-state index >= 15 is 0 Å². The zero-order chi connectivity index (χ0) is 14.0. The number of amides is 1. The summed E-state index contributed by atoms with van der Waals surface area (Å²) in [5, 5.41) is 0. The van der Waals surface area contributed by atoms with Gasteiger partial charge in [0.2, 0.25) is 0 Å². The van der Waals surface area contributed by atoms with E-state index in [1.807, 2.05) is 0 Å². The van der Waals surface area contributed by atoms with Crippen molar-refractivity contribution in [3.63, 3.8) is 0 Å². The van der Waals surface area contributed by atoms with Crippen molar-refractivity contribution in [1.29, 1.82) is 0 Å². The minimum atomic E-state index is -0.369. The molecule has 98 valence electrons. The van der Waals surface area contributed by atoms with Gasteiger partial charge in [-0.15, -0.1) is 0 Å². The van der Waals surface area contributed by atoms with E-state index in [4.69, 9.17) is 5.73 Å². The molecule has 0 spiro atoms. The van der Waals surface area contributed by atoms with E-state index in [-0.39, 0.29) is 16.9 Å². The quantitative estimate of drug-likeness (QED) is 0.801. The van der Waals surface area contributed by atoms with Crippen LogP contribution in [0.5, 0.6) is 0 Å². The van der Waals surface area contributed by atoms with E-state index in [1.54, 1.807) is 38.2 Å². The minimum Gasteiger partial charge on any atom is -0.399 e. The van der Waals surface area contributed by atoms with E-state index < -0.39 is 0 Å². The molecule has 19 heavy (non-hydrogen) atoms. The third-order valence-electron chi connectivity index (χ3n) is 2.85. The van der Waals surface area contributed by atoms with Crippen molar-refractivity contribution in [3.05, 3.63) is 58.0 Å². The molecule has 0 saturated heterocycles. The highest BCUT2D eigenvalue weighted by atomic mass is 16.2. The molecule has 2 aromatic rings. The van der Waals surface area contributed by atoms with E-state index in [1.165, 1.54) is 17.2 Å². The number of nitrogens with two attached hydrogens (primary N) is 1. The van der Waals surface area contributed by atoms with Gasteiger partial charge in [0.05, 0.1) is 0 Å². The van der Waals surface area contributed by atoms with Gasteiger partial charge in [0.15, 0.2) is 5.43 Å². The predicted molar refractivity (Wildman–Crippen MR) is 75.4 cm³/mol. The second kappa shape index (κ2) is 4.97. The van der Waals surface area contributed by atoms with Crippen LogP contribution in [0.1, 0.15) is 16.1 Å². The molecule has 0 aliphatic rings. The van der Waals surface area contributed by atoms with Crippen LogP contribution in [-0.2, 0) is 0 Å². The zero-order valence-electron chi connectivity index (χ0n) is 10.8. The number of hydrogen-bond donors (Lipinski definition) is 2. The fraction of sp³-hybridized carbons (Fsp3) is 0.143. The molecule has 1 aromatic carbocycles. The minimum absolute atomic E-state index is 0.107. The average Bonchev–Trinajstić information content (AvgIpc) is 2.37. The molecule has 0 unspecified atom stereocenters. The van der Waals surface area contributed by atoms with Crippen LogP contribution < -0.4 is 16.1 Å². The van der Waals surface area contributed by atoms with E-state index in [0.29, 0.717) is 17.1 Å². The lowest BCUT2D eigenvalue weighted by molar-refractivity contribution is 0.0991. The first-order chi connectivity index (χ1) is 8.99. The van der Waals surface area contributed by atoms with Gasteiger partial charge in [-0.1, -0.05) is 6.07 Å². The summed E-state index contributed by atoms with van der Waals surface area (Å²) in [7, 11) is 1.61. The lowest BCUT2D eigenvalue weighted by atomic mass is 10.2. The van der Waals surface area contributed by atoms with Gasteiger partial charge in [-0.2, -0.15) is 0 Å². The van der Waals surface area contributed by atoms with Gasteiger partial charge in [0.1, 0.15) is 5.56 Å². The first-order valence-electron chi connectivity index (χ1n) is 5.82. The number of benzene rings is 1. The first-order valence-corrected chi connectivity index (χ1v) is 5.82.